The van der Waals surface area contributed by atoms with E-state index in [2.05, 4.69) is 22.5 Å². The molecule has 30 heavy (non-hydrogen) atoms. The van der Waals surface area contributed by atoms with Gasteiger partial charge in [-0.25, -0.2) is 0 Å². The molecule has 0 aliphatic carbocycles. The van der Waals surface area contributed by atoms with Crippen molar-refractivity contribution in [3.63, 3.8) is 0 Å². The lowest BCUT2D eigenvalue weighted by atomic mass is 9.93. The van der Waals surface area contributed by atoms with Gasteiger partial charge < -0.3 is 25.4 Å². The highest BCUT2D eigenvalue weighted by Crippen LogP contribution is 2.23. The minimum atomic E-state index is -0.684. The fraction of sp³-hybridized carbons (Fsp3) is 0.591. The van der Waals surface area contributed by atoms with Crippen molar-refractivity contribution in [3.8, 4) is 0 Å². The lowest BCUT2D eigenvalue weighted by Gasteiger charge is -2.33. The largest absolute Gasteiger partial charge is 0.483 e. The second kappa shape index (κ2) is 13.0. The minimum Gasteiger partial charge on any atom is -0.483 e. The number of hydrogen-bond acceptors (Lipinski definition) is 5. The highest BCUT2D eigenvalue weighted by molar-refractivity contribution is 5.86. The molecule has 0 bridgehead atoms. The molecule has 166 valence electrons. The monoisotopic (exact) mass is 419 g/mol. The summed E-state index contributed by atoms with van der Waals surface area (Å²) in [7, 11) is 0. The molecule has 2 saturated heterocycles. The Balaban J connectivity index is 0.00000101. The van der Waals surface area contributed by atoms with Crippen LogP contribution in [0.3, 0.4) is 0 Å². The van der Waals surface area contributed by atoms with E-state index >= 15 is 0 Å². The Hall–Kier alpha value is -2.45. The van der Waals surface area contributed by atoms with Gasteiger partial charge in [0.1, 0.15) is 6.61 Å². The number of nitrogens with zero attached hydrogens (tertiary/aromatic N) is 1. The molecule has 2 amide bonds. The predicted octanol–water partition coefficient (Wildman–Crippen LogP) is 1.57. The van der Waals surface area contributed by atoms with Crippen LogP contribution in [0.15, 0.2) is 30.3 Å². The molecule has 2 aliphatic heterocycles. The van der Waals surface area contributed by atoms with Crippen molar-refractivity contribution in [2.24, 2.45) is 5.92 Å². The topological polar surface area (TPSA) is 108 Å². The predicted molar refractivity (Wildman–Crippen MR) is 113 cm³/mol. The third-order valence-electron chi connectivity index (χ3n) is 5.53. The summed E-state index contributed by atoms with van der Waals surface area (Å²) in [5.74, 6) is 0.342. The lowest BCUT2D eigenvalue weighted by Crippen LogP contribution is -2.52. The van der Waals surface area contributed by atoms with Crippen LogP contribution in [0.4, 0.5) is 0 Å². The first kappa shape index (κ1) is 23.8. The van der Waals surface area contributed by atoms with E-state index in [0.717, 1.165) is 12.0 Å². The van der Waals surface area contributed by atoms with Gasteiger partial charge in [-0.15, -0.1) is 0 Å². The van der Waals surface area contributed by atoms with E-state index in [4.69, 9.17) is 14.6 Å². The summed E-state index contributed by atoms with van der Waals surface area (Å²) in [5, 5.41) is 12.8. The van der Waals surface area contributed by atoms with Crippen LogP contribution in [-0.2, 0) is 19.1 Å². The summed E-state index contributed by atoms with van der Waals surface area (Å²) in [6, 6.07) is 9.08. The van der Waals surface area contributed by atoms with Crippen molar-refractivity contribution in [3.05, 3.63) is 35.9 Å². The summed E-state index contributed by atoms with van der Waals surface area (Å²) < 4.78 is 5.57. The zero-order chi connectivity index (χ0) is 21.8. The third kappa shape index (κ3) is 7.42. The van der Waals surface area contributed by atoms with Crippen LogP contribution in [0.1, 0.15) is 44.2 Å². The van der Waals surface area contributed by atoms with Crippen LogP contribution in [0.2, 0.25) is 0 Å². The number of carbonyl (C=O) groups is 3. The molecule has 1 aromatic carbocycles. The molecule has 8 heteroatoms. The van der Waals surface area contributed by atoms with Crippen LogP contribution in [0.25, 0.3) is 0 Å². The number of amides is 2. The highest BCUT2D eigenvalue weighted by atomic mass is 16.5. The third-order valence-corrected chi connectivity index (χ3v) is 5.53. The normalized spacial score (nSPS) is 22.4. The first-order chi connectivity index (χ1) is 14.6. The summed E-state index contributed by atoms with van der Waals surface area (Å²) in [6.45, 7) is 6.08. The van der Waals surface area contributed by atoms with Gasteiger partial charge >= 0.3 is 0 Å². The van der Waals surface area contributed by atoms with Crippen molar-refractivity contribution < 1.29 is 24.2 Å². The first-order valence-electron chi connectivity index (χ1n) is 10.6. The molecular formula is C22H33N3O5. The van der Waals surface area contributed by atoms with Crippen LogP contribution >= 0.6 is 0 Å². The molecule has 0 unspecified atom stereocenters. The van der Waals surface area contributed by atoms with Gasteiger partial charge in [-0.2, -0.15) is 0 Å². The maximum Gasteiger partial charge on any atom is 0.290 e. The molecule has 8 nitrogen and oxygen atoms in total. The van der Waals surface area contributed by atoms with Crippen LogP contribution in [0, 0.1) is 5.92 Å². The van der Waals surface area contributed by atoms with Gasteiger partial charge in [-0.1, -0.05) is 37.3 Å². The van der Waals surface area contributed by atoms with Gasteiger partial charge in [0.05, 0.1) is 6.04 Å². The van der Waals surface area contributed by atoms with Crippen LogP contribution in [0.5, 0.6) is 0 Å². The molecule has 0 saturated carbocycles. The number of likely N-dealkylation sites (tertiary alicyclic amines) is 1. The Morgan fingerprint density at radius 3 is 2.60 bits per heavy atom. The van der Waals surface area contributed by atoms with Gasteiger partial charge in [0, 0.05) is 6.54 Å². The second-order valence-corrected chi connectivity index (χ2v) is 7.66. The van der Waals surface area contributed by atoms with E-state index in [9.17, 15) is 9.59 Å². The van der Waals surface area contributed by atoms with Crippen LogP contribution in [-0.4, -0.2) is 67.2 Å². The fourth-order valence-electron chi connectivity index (χ4n) is 4.01. The molecule has 0 aromatic heterocycles. The Bertz CT molecular complexity index is 662. The average Bonchev–Trinajstić information content (AvgIpc) is 2.76. The number of carbonyl (C=O) groups excluding carboxylic acids is 2. The van der Waals surface area contributed by atoms with E-state index in [0.29, 0.717) is 12.5 Å². The number of piperidine rings is 1. The van der Waals surface area contributed by atoms with E-state index < -0.39 is 12.1 Å². The Labute approximate surface area is 178 Å². The molecule has 2 aliphatic rings. The zero-order valence-electron chi connectivity index (χ0n) is 17.6. The van der Waals surface area contributed by atoms with E-state index in [1.54, 1.807) is 0 Å². The van der Waals surface area contributed by atoms with Gasteiger partial charge in [0.25, 0.3) is 12.4 Å². The number of morpholine rings is 1. The Kier molecular flexibility index (Phi) is 10.3. The molecule has 2 fully saturated rings. The standard InChI is InChI=1S/C21H31N3O3.CH2O2/c1-2-12-24-13-9-16(10-14-24)8-11-22-21(26)20-19(23-18(25)15-27-20)17-6-4-3-5-7-17;2-1-3/h3-7,16,19-20H,2,8-15H2,1H3,(H,22,26)(H,23,25);1H,(H,2,3)/t19-,20+;/m1./s1. The molecule has 3 rings (SSSR count). The van der Waals surface area contributed by atoms with Gasteiger partial charge in [-0.05, 0) is 56.8 Å². The number of rotatable bonds is 7. The molecule has 2 heterocycles. The van der Waals surface area contributed by atoms with E-state index in [-0.39, 0.29) is 24.9 Å². The van der Waals surface area contributed by atoms with Crippen molar-refractivity contribution in [2.45, 2.75) is 44.8 Å². The lowest BCUT2D eigenvalue weighted by molar-refractivity contribution is -0.148. The first-order valence-corrected chi connectivity index (χ1v) is 10.6. The fourth-order valence-corrected chi connectivity index (χ4v) is 4.01. The summed E-state index contributed by atoms with van der Waals surface area (Å²) >= 11 is 0. The average molecular weight is 420 g/mol. The number of ether oxygens (including phenoxy) is 1. The smallest absolute Gasteiger partial charge is 0.290 e. The second-order valence-electron chi connectivity index (χ2n) is 7.66. The number of hydrogen-bond donors (Lipinski definition) is 3. The minimum absolute atomic E-state index is 0.0721. The molecule has 2 atom stereocenters. The van der Waals surface area contributed by atoms with Crippen molar-refractivity contribution >= 4 is 18.3 Å². The summed E-state index contributed by atoms with van der Waals surface area (Å²) in [5.41, 5.74) is 0.883. The van der Waals surface area contributed by atoms with Gasteiger partial charge in [0.2, 0.25) is 5.91 Å². The molecular weight excluding hydrogens is 386 g/mol. The number of nitrogens with one attached hydrogen (secondary N) is 2. The van der Waals surface area contributed by atoms with Crippen molar-refractivity contribution in [2.75, 3.05) is 32.8 Å². The van der Waals surface area contributed by atoms with Crippen molar-refractivity contribution in [1.82, 2.24) is 15.5 Å². The van der Waals surface area contributed by atoms with Crippen LogP contribution < -0.4 is 10.6 Å². The van der Waals surface area contributed by atoms with E-state index in [1.807, 2.05) is 30.3 Å². The highest BCUT2D eigenvalue weighted by Gasteiger charge is 2.35. The number of benzene rings is 1. The molecule has 0 spiro atoms. The maximum atomic E-state index is 12.7. The molecule has 1 aromatic rings. The van der Waals surface area contributed by atoms with Gasteiger partial charge in [0.15, 0.2) is 6.10 Å². The van der Waals surface area contributed by atoms with E-state index in [1.165, 1.54) is 38.9 Å². The maximum absolute atomic E-state index is 12.7. The SMILES string of the molecule is CCCN1CCC(CCNC(=O)[C@H]2OCC(=O)N[C@@H]2c2ccccc2)CC1.O=CO. The Morgan fingerprint density at radius 2 is 1.97 bits per heavy atom. The molecule has 0 radical (unpaired) electrons. The van der Waals surface area contributed by atoms with Crippen molar-refractivity contribution in [1.29, 1.82) is 0 Å². The zero-order valence-corrected chi connectivity index (χ0v) is 17.6. The summed E-state index contributed by atoms with van der Waals surface area (Å²) in [6.07, 6.45) is 3.94. The number of carboxylic acid groups (broad SMARTS) is 1. The quantitative estimate of drug-likeness (QED) is 0.579. The summed E-state index contributed by atoms with van der Waals surface area (Å²) in [4.78, 5) is 35.3. The Morgan fingerprint density at radius 1 is 1.30 bits per heavy atom. The molecule has 3 N–H and O–H groups in total. The van der Waals surface area contributed by atoms with Gasteiger partial charge in [-0.3, -0.25) is 14.4 Å².